The zero-order chi connectivity index (χ0) is 14.7. The van der Waals surface area contributed by atoms with Crippen LogP contribution in [-0.4, -0.2) is 36.7 Å². The average molecular weight is 301 g/mol. The summed E-state index contributed by atoms with van der Waals surface area (Å²) in [5.41, 5.74) is 6.86. The summed E-state index contributed by atoms with van der Waals surface area (Å²) in [5.74, 6) is -0.322. The van der Waals surface area contributed by atoms with Crippen molar-refractivity contribution < 1.29 is 9.13 Å². The van der Waals surface area contributed by atoms with Gasteiger partial charge >= 0.3 is 0 Å². The minimum atomic E-state index is -0.322. The molecule has 0 aromatic heterocycles. The Morgan fingerprint density at radius 1 is 1.55 bits per heavy atom. The Bertz CT molecular complexity index is 457. The van der Waals surface area contributed by atoms with E-state index in [1.165, 1.54) is 12.1 Å². The molecule has 0 bridgehead atoms. The molecule has 1 aliphatic heterocycles. The van der Waals surface area contributed by atoms with Gasteiger partial charge in [-0.2, -0.15) is 0 Å². The number of nitrogens with two attached hydrogens (primary N) is 1. The Labute approximate surface area is 124 Å². The molecule has 1 heterocycles. The zero-order valence-corrected chi connectivity index (χ0v) is 12.7. The van der Waals surface area contributed by atoms with Crippen LogP contribution in [0.2, 0.25) is 5.02 Å². The fraction of sp³-hybridized carbons (Fsp3) is 0.600. The van der Waals surface area contributed by atoms with Crippen molar-refractivity contribution in [2.45, 2.75) is 38.5 Å². The molecule has 0 aliphatic carbocycles. The topological polar surface area (TPSA) is 38.5 Å². The van der Waals surface area contributed by atoms with E-state index in [2.05, 4.69) is 18.7 Å². The van der Waals surface area contributed by atoms with E-state index >= 15 is 0 Å². The second-order valence-electron chi connectivity index (χ2n) is 5.32. The third-order valence-electron chi connectivity index (χ3n) is 3.93. The summed E-state index contributed by atoms with van der Waals surface area (Å²) in [7, 11) is 0. The smallest absolute Gasteiger partial charge is 0.124 e. The maximum atomic E-state index is 13.2. The lowest BCUT2D eigenvalue weighted by atomic mass is 10.0. The molecule has 1 aromatic carbocycles. The zero-order valence-electron chi connectivity index (χ0n) is 12.0. The van der Waals surface area contributed by atoms with E-state index in [9.17, 15) is 4.39 Å². The Kier molecular flexibility index (Phi) is 5.38. The van der Waals surface area contributed by atoms with Gasteiger partial charge in [0.15, 0.2) is 0 Å². The first-order chi connectivity index (χ1) is 9.56. The van der Waals surface area contributed by atoms with Gasteiger partial charge in [-0.05, 0) is 31.0 Å². The molecule has 1 fully saturated rings. The van der Waals surface area contributed by atoms with Crippen LogP contribution in [0.4, 0.5) is 4.39 Å². The monoisotopic (exact) mass is 300 g/mol. The average Bonchev–Trinajstić information content (AvgIpc) is 2.42. The summed E-state index contributed by atoms with van der Waals surface area (Å²) in [6, 6.07) is 4.85. The van der Waals surface area contributed by atoms with E-state index < -0.39 is 0 Å². The van der Waals surface area contributed by atoms with E-state index in [-0.39, 0.29) is 18.0 Å². The van der Waals surface area contributed by atoms with Crippen molar-refractivity contribution >= 4 is 11.6 Å². The fourth-order valence-corrected chi connectivity index (χ4v) is 3.11. The predicted molar refractivity (Wildman–Crippen MR) is 79.4 cm³/mol. The summed E-state index contributed by atoms with van der Waals surface area (Å²) < 4.78 is 18.9. The third-order valence-corrected chi connectivity index (χ3v) is 4.25. The van der Waals surface area contributed by atoms with Gasteiger partial charge in [0.05, 0.1) is 12.7 Å². The van der Waals surface area contributed by atoms with E-state index in [1.807, 2.05) is 0 Å². The highest BCUT2D eigenvalue weighted by Crippen LogP contribution is 2.31. The van der Waals surface area contributed by atoms with Crippen molar-refractivity contribution in [3.8, 4) is 0 Å². The minimum Gasteiger partial charge on any atom is -0.376 e. The largest absolute Gasteiger partial charge is 0.376 e. The van der Waals surface area contributed by atoms with Crippen molar-refractivity contribution in [1.82, 2.24) is 4.90 Å². The van der Waals surface area contributed by atoms with Crippen LogP contribution in [0.15, 0.2) is 18.2 Å². The van der Waals surface area contributed by atoms with Crippen LogP contribution in [0.25, 0.3) is 0 Å². The highest BCUT2D eigenvalue weighted by molar-refractivity contribution is 6.31. The summed E-state index contributed by atoms with van der Waals surface area (Å²) in [6.07, 6.45) is 1.16. The molecule has 2 N–H and O–H groups in total. The van der Waals surface area contributed by atoms with Crippen molar-refractivity contribution in [3.05, 3.63) is 34.6 Å². The molecular formula is C15H22ClFN2O. The van der Waals surface area contributed by atoms with Gasteiger partial charge in [-0.3, -0.25) is 4.90 Å². The lowest BCUT2D eigenvalue weighted by Gasteiger charge is -2.43. The van der Waals surface area contributed by atoms with Gasteiger partial charge in [-0.25, -0.2) is 4.39 Å². The Balaban J connectivity index is 2.29. The molecule has 2 rings (SSSR count). The maximum absolute atomic E-state index is 13.2. The van der Waals surface area contributed by atoms with Gasteiger partial charge in [0.1, 0.15) is 5.82 Å². The normalized spacial score (nSPS) is 25.6. The fourth-order valence-electron chi connectivity index (χ4n) is 2.82. The third kappa shape index (κ3) is 3.31. The highest BCUT2D eigenvalue weighted by Gasteiger charge is 2.32. The molecule has 0 amide bonds. The first-order valence-electron chi connectivity index (χ1n) is 7.09. The lowest BCUT2D eigenvalue weighted by Crippen LogP contribution is -2.51. The first-order valence-corrected chi connectivity index (χ1v) is 7.47. The first kappa shape index (κ1) is 15.7. The molecule has 3 nitrogen and oxygen atoms in total. The van der Waals surface area contributed by atoms with Crippen LogP contribution < -0.4 is 5.73 Å². The van der Waals surface area contributed by atoms with E-state index in [1.54, 1.807) is 6.07 Å². The van der Waals surface area contributed by atoms with E-state index in [4.69, 9.17) is 22.1 Å². The number of benzene rings is 1. The molecule has 5 heteroatoms. The summed E-state index contributed by atoms with van der Waals surface area (Å²) in [6.45, 7) is 6.16. The van der Waals surface area contributed by atoms with E-state index in [0.29, 0.717) is 24.2 Å². The predicted octanol–water partition coefficient (Wildman–Crippen LogP) is 2.98. The van der Waals surface area contributed by atoms with Gasteiger partial charge in [0.2, 0.25) is 0 Å². The van der Waals surface area contributed by atoms with Crippen molar-refractivity contribution in [2.75, 3.05) is 19.7 Å². The SMILES string of the molecule is CCC1COC(C)CN1C(CN)c1ccc(F)cc1Cl. The van der Waals surface area contributed by atoms with Gasteiger partial charge in [-0.1, -0.05) is 24.6 Å². The van der Waals surface area contributed by atoms with Crippen LogP contribution in [0.1, 0.15) is 31.9 Å². The standard InChI is InChI=1S/C15H22ClFN2O/c1-3-12-9-20-10(2)8-19(12)15(7-18)13-5-4-11(17)6-14(13)16/h4-6,10,12,15H,3,7-9,18H2,1-2H3. The Morgan fingerprint density at radius 2 is 2.30 bits per heavy atom. The molecule has 112 valence electrons. The van der Waals surface area contributed by atoms with E-state index in [0.717, 1.165) is 18.5 Å². The molecular weight excluding hydrogens is 279 g/mol. The number of halogens is 2. The summed E-state index contributed by atoms with van der Waals surface area (Å²) >= 11 is 6.20. The molecule has 0 saturated carbocycles. The molecule has 0 spiro atoms. The van der Waals surface area contributed by atoms with Crippen LogP contribution in [0.5, 0.6) is 0 Å². The van der Waals surface area contributed by atoms with Crippen LogP contribution >= 0.6 is 11.6 Å². The number of hydrogen-bond donors (Lipinski definition) is 1. The van der Waals surface area contributed by atoms with Gasteiger partial charge in [-0.15, -0.1) is 0 Å². The summed E-state index contributed by atoms with van der Waals surface area (Å²) in [5, 5.41) is 0.439. The second kappa shape index (κ2) is 6.85. The number of hydrogen-bond acceptors (Lipinski definition) is 3. The quantitative estimate of drug-likeness (QED) is 0.929. The van der Waals surface area contributed by atoms with Crippen LogP contribution in [0, 0.1) is 5.82 Å². The highest BCUT2D eigenvalue weighted by atomic mass is 35.5. The molecule has 0 radical (unpaired) electrons. The van der Waals surface area contributed by atoms with Crippen LogP contribution in [-0.2, 0) is 4.74 Å². The molecule has 3 atom stereocenters. The minimum absolute atomic E-state index is 0.000556. The van der Waals surface area contributed by atoms with Crippen molar-refractivity contribution in [3.63, 3.8) is 0 Å². The Hall–Kier alpha value is -0.680. The molecule has 1 saturated heterocycles. The van der Waals surface area contributed by atoms with Crippen molar-refractivity contribution in [2.24, 2.45) is 5.73 Å². The molecule has 20 heavy (non-hydrogen) atoms. The number of nitrogens with zero attached hydrogens (tertiary/aromatic N) is 1. The molecule has 1 aliphatic rings. The number of ether oxygens (including phenoxy) is 1. The second-order valence-corrected chi connectivity index (χ2v) is 5.73. The van der Waals surface area contributed by atoms with Gasteiger partial charge < -0.3 is 10.5 Å². The summed E-state index contributed by atoms with van der Waals surface area (Å²) in [4.78, 5) is 2.34. The van der Waals surface area contributed by atoms with Gasteiger partial charge in [0, 0.05) is 30.2 Å². The molecule has 1 aromatic rings. The lowest BCUT2D eigenvalue weighted by molar-refractivity contribution is -0.0719. The van der Waals surface area contributed by atoms with Crippen LogP contribution in [0.3, 0.4) is 0 Å². The number of morpholine rings is 1. The van der Waals surface area contributed by atoms with Crippen molar-refractivity contribution in [1.29, 1.82) is 0 Å². The number of rotatable bonds is 4. The molecule has 3 unspecified atom stereocenters. The maximum Gasteiger partial charge on any atom is 0.124 e. The Morgan fingerprint density at radius 3 is 2.90 bits per heavy atom. The van der Waals surface area contributed by atoms with Gasteiger partial charge in [0.25, 0.3) is 0 Å².